The quantitative estimate of drug-likeness (QED) is 0.400. The molecule has 0 bridgehead atoms. The summed E-state index contributed by atoms with van der Waals surface area (Å²) in [7, 11) is 0. The lowest BCUT2D eigenvalue weighted by Gasteiger charge is -2.34. The van der Waals surface area contributed by atoms with Crippen molar-refractivity contribution in [3.8, 4) is 5.88 Å². The van der Waals surface area contributed by atoms with Gasteiger partial charge in [-0.3, -0.25) is 4.99 Å². The Morgan fingerprint density at radius 1 is 1.38 bits per heavy atom. The number of amidine groups is 1. The van der Waals surface area contributed by atoms with Crippen LogP contribution in [0.4, 0.5) is 8.78 Å². The van der Waals surface area contributed by atoms with E-state index in [9.17, 15) is 8.76 Å². The predicted octanol–water partition coefficient (Wildman–Crippen LogP) is 3.61. The number of nitrogens with zero attached hydrogens (tertiary/aromatic N) is 5. The number of hydrogen-bond donors (Lipinski definition) is 2. The van der Waals surface area contributed by atoms with E-state index in [0.29, 0.717) is 17.9 Å². The minimum absolute atomic E-state index is 0.00763. The van der Waals surface area contributed by atoms with E-state index >= 15 is 8.78 Å². The molecule has 3 aromatic rings. The van der Waals surface area contributed by atoms with Gasteiger partial charge in [-0.15, -0.1) is 10.2 Å². The number of hydrogen-bond acceptors (Lipinski definition) is 10. The number of rotatable bonds is 8. The van der Waals surface area contributed by atoms with Crippen LogP contribution in [0.15, 0.2) is 40.0 Å². The van der Waals surface area contributed by atoms with Gasteiger partial charge in [0.05, 0.1) is 23.7 Å². The van der Waals surface area contributed by atoms with Crippen LogP contribution in [0.3, 0.4) is 0 Å². The Morgan fingerprint density at radius 3 is 2.86 bits per heavy atom. The second-order valence-electron chi connectivity index (χ2n) is 8.96. The van der Waals surface area contributed by atoms with Crippen molar-refractivity contribution in [1.82, 2.24) is 20.2 Å². The Morgan fingerprint density at radius 2 is 2.19 bits per heavy atom. The van der Waals surface area contributed by atoms with Gasteiger partial charge in [0.2, 0.25) is 11.8 Å². The minimum atomic E-state index is -2.03. The highest BCUT2D eigenvalue weighted by Crippen LogP contribution is 2.66. The molecular weight excluding hydrogens is 526 g/mol. The molecule has 5 rings (SSSR count). The van der Waals surface area contributed by atoms with Crippen LogP contribution >= 0.6 is 11.8 Å². The van der Waals surface area contributed by atoms with Crippen molar-refractivity contribution >= 4 is 39.9 Å². The molecule has 0 spiro atoms. The van der Waals surface area contributed by atoms with Crippen molar-refractivity contribution in [2.45, 2.75) is 37.2 Å². The Hall–Kier alpha value is -3.23. The van der Waals surface area contributed by atoms with Gasteiger partial charge in [0, 0.05) is 23.2 Å². The first-order valence-electron chi connectivity index (χ1n) is 11.1. The molecule has 1 saturated carbocycles. The lowest BCUT2D eigenvalue weighted by atomic mass is 9.85. The first-order valence-corrected chi connectivity index (χ1v) is 13.2. The molecule has 1 aliphatic heterocycles. The molecule has 1 unspecified atom stereocenters. The van der Waals surface area contributed by atoms with Crippen LogP contribution in [0.2, 0.25) is 0 Å². The van der Waals surface area contributed by atoms with Gasteiger partial charge in [-0.1, -0.05) is 17.8 Å². The normalized spacial score (nSPS) is 25.8. The zero-order chi connectivity index (χ0) is 26.4. The molecule has 2 aliphatic rings. The van der Waals surface area contributed by atoms with Crippen molar-refractivity contribution < 1.29 is 26.7 Å². The van der Waals surface area contributed by atoms with Gasteiger partial charge in [0.15, 0.2) is 28.7 Å². The molecule has 10 nitrogen and oxygen atoms in total. The van der Waals surface area contributed by atoms with Crippen LogP contribution in [0.5, 0.6) is 5.88 Å². The Labute approximate surface area is 217 Å². The summed E-state index contributed by atoms with van der Waals surface area (Å²) in [6.07, 6.45) is 4.25. The van der Waals surface area contributed by atoms with Gasteiger partial charge in [-0.05, 0) is 37.1 Å². The van der Waals surface area contributed by atoms with Crippen LogP contribution in [0.25, 0.3) is 11.9 Å². The van der Waals surface area contributed by atoms with E-state index in [2.05, 4.69) is 25.2 Å². The molecule has 3 N–H and O–H groups in total. The minimum Gasteiger partial charge on any atom is -0.466 e. The zero-order valence-corrected chi connectivity index (χ0v) is 21.4. The number of fused-ring (bicyclic) bond motifs is 1. The van der Waals surface area contributed by atoms with Crippen molar-refractivity contribution in [2.75, 3.05) is 5.75 Å². The smallest absolute Gasteiger partial charge is 0.253 e. The van der Waals surface area contributed by atoms with Crippen LogP contribution in [-0.4, -0.2) is 44.6 Å². The van der Waals surface area contributed by atoms with Crippen LogP contribution in [0.1, 0.15) is 41.9 Å². The standard InChI is InChI=1S/C23H22F2N6O4S2/c1-12-30-31-20(35-12)10-34-19-9-27-17(8-28-19)16(25)6-13-3-4-15(24)14(5-13)22(2)18-7-23(18,11-37(32)33)36-21(26)29-22/h3-6,8-9,18H,7,10-11H2,1-2H3,(H2,26,29)(H,32,33)/b16-6-/t18-,22+,23-/m0/s1. The molecule has 3 heterocycles. The summed E-state index contributed by atoms with van der Waals surface area (Å²) in [5.74, 6) is -0.572. The molecule has 4 atom stereocenters. The average Bonchev–Trinajstić information content (AvgIpc) is 3.40. The monoisotopic (exact) mass is 548 g/mol. The fourth-order valence-electron chi connectivity index (χ4n) is 4.58. The summed E-state index contributed by atoms with van der Waals surface area (Å²) in [4.78, 5) is 12.6. The highest BCUT2D eigenvalue weighted by Gasteiger charge is 2.67. The summed E-state index contributed by atoms with van der Waals surface area (Å²) in [5.41, 5.74) is 5.56. The maximum absolute atomic E-state index is 15.0. The number of benzene rings is 1. The van der Waals surface area contributed by atoms with E-state index in [1.165, 1.54) is 48.4 Å². The SMILES string of the molecule is Cc1nnc(COc2cnc(/C(F)=C/c3ccc(F)c([C@@]4(C)N=C(N)S[C@]5(CS(=O)O)C[C@H]54)c3)cn2)o1. The third kappa shape index (κ3) is 5.13. The van der Waals surface area contributed by atoms with E-state index in [1.807, 2.05) is 0 Å². The number of ether oxygens (including phenoxy) is 1. The summed E-state index contributed by atoms with van der Waals surface area (Å²) in [5, 5.41) is 7.73. The number of nitrogens with two attached hydrogens (primary N) is 1. The fourth-order valence-corrected chi connectivity index (χ4v) is 7.13. The third-order valence-corrected chi connectivity index (χ3v) is 8.58. The lowest BCUT2D eigenvalue weighted by molar-refractivity contribution is 0.250. The van der Waals surface area contributed by atoms with Gasteiger partial charge in [0.1, 0.15) is 11.5 Å². The van der Waals surface area contributed by atoms with E-state index in [1.54, 1.807) is 13.8 Å². The number of aryl methyl sites for hydroxylation is 1. The molecule has 2 aromatic heterocycles. The van der Waals surface area contributed by atoms with E-state index in [-0.39, 0.29) is 46.5 Å². The molecule has 1 aliphatic carbocycles. The summed E-state index contributed by atoms with van der Waals surface area (Å²) in [6, 6.07) is 4.19. The summed E-state index contributed by atoms with van der Waals surface area (Å²) < 4.78 is 61.0. The first kappa shape index (κ1) is 25.4. The Balaban J connectivity index is 1.36. The van der Waals surface area contributed by atoms with Gasteiger partial charge in [-0.2, -0.15) is 0 Å². The third-order valence-electron chi connectivity index (χ3n) is 6.33. The molecule has 0 amide bonds. The maximum atomic E-state index is 15.0. The largest absolute Gasteiger partial charge is 0.466 e. The van der Waals surface area contributed by atoms with E-state index in [4.69, 9.17) is 14.9 Å². The fraction of sp³-hybridized carbons (Fsp3) is 0.348. The average molecular weight is 549 g/mol. The molecule has 14 heteroatoms. The first-order chi connectivity index (χ1) is 17.6. The molecule has 0 radical (unpaired) electrons. The molecular formula is C23H22F2N6O4S2. The maximum Gasteiger partial charge on any atom is 0.253 e. The Kier molecular flexibility index (Phi) is 6.58. The van der Waals surface area contributed by atoms with Crippen molar-refractivity contribution in [3.63, 3.8) is 0 Å². The highest BCUT2D eigenvalue weighted by atomic mass is 32.2. The van der Waals surface area contributed by atoms with E-state index < -0.39 is 33.0 Å². The van der Waals surface area contributed by atoms with Crippen LogP contribution < -0.4 is 10.5 Å². The van der Waals surface area contributed by atoms with Gasteiger partial charge < -0.3 is 19.4 Å². The number of thioether (sulfide) groups is 1. The number of halogens is 2. The van der Waals surface area contributed by atoms with Crippen molar-refractivity contribution in [1.29, 1.82) is 0 Å². The van der Waals surface area contributed by atoms with Gasteiger partial charge in [0.25, 0.3) is 5.89 Å². The summed E-state index contributed by atoms with van der Waals surface area (Å²) in [6.45, 7) is 3.39. The molecule has 1 fully saturated rings. The predicted molar refractivity (Wildman–Crippen MR) is 134 cm³/mol. The topological polar surface area (TPSA) is 150 Å². The Bertz CT molecular complexity index is 1430. The zero-order valence-electron chi connectivity index (χ0n) is 19.7. The number of aliphatic imine (C=N–C) groups is 1. The van der Waals surface area contributed by atoms with Crippen LogP contribution in [0, 0.1) is 18.7 Å². The second-order valence-corrected chi connectivity index (χ2v) is 11.3. The van der Waals surface area contributed by atoms with Crippen molar-refractivity contribution in [3.05, 3.63) is 65.0 Å². The van der Waals surface area contributed by atoms with Crippen LogP contribution in [-0.2, 0) is 23.2 Å². The molecule has 194 valence electrons. The van der Waals surface area contributed by atoms with Gasteiger partial charge >= 0.3 is 0 Å². The van der Waals surface area contributed by atoms with Gasteiger partial charge in [-0.25, -0.2) is 23.0 Å². The second kappa shape index (κ2) is 9.58. The van der Waals surface area contributed by atoms with Crippen molar-refractivity contribution in [2.24, 2.45) is 16.6 Å². The number of aromatic nitrogens is 4. The molecule has 1 aromatic carbocycles. The van der Waals surface area contributed by atoms with E-state index in [0.717, 1.165) is 0 Å². The highest BCUT2D eigenvalue weighted by molar-refractivity contribution is 8.15. The lowest BCUT2D eigenvalue weighted by Crippen LogP contribution is -2.38. The molecule has 37 heavy (non-hydrogen) atoms. The molecule has 0 saturated heterocycles. The summed E-state index contributed by atoms with van der Waals surface area (Å²) >= 11 is -0.779.